The monoisotopic (exact) mass is 502 g/mol. The standard InChI is InChI=1S/C28H36ClFN2O3/c1-27(2)20-31(16-13-28(27,34)22-6-8-23(29)9-7-22)15-12-26(33)32-14-3-17-35-25(19-32)18-21-4-10-24(30)11-5-21/h4-11,25,34H,3,12-20H2,1-2H3/t25-,28+/m1/s1. The zero-order chi connectivity index (χ0) is 25.1. The highest BCUT2D eigenvalue weighted by Gasteiger charge is 2.48. The van der Waals surface area contributed by atoms with Crippen LogP contribution in [-0.4, -0.2) is 66.2 Å². The van der Waals surface area contributed by atoms with Crippen molar-refractivity contribution in [3.05, 3.63) is 70.5 Å². The van der Waals surface area contributed by atoms with E-state index >= 15 is 0 Å². The van der Waals surface area contributed by atoms with Gasteiger partial charge in [0, 0.05) is 62.6 Å². The first kappa shape index (κ1) is 26.1. The zero-order valence-electron chi connectivity index (χ0n) is 20.7. The Morgan fingerprint density at radius 2 is 1.86 bits per heavy atom. The number of hydrogen-bond donors (Lipinski definition) is 1. The van der Waals surface area contributed by atoms with Crippen LogP contribution in [0.15, 0.2) is 48.5 Å². The summed E-state index contributed by atoms with van der Waals surface area (Å²) in [5.74, 6) is -0.115. The number of nitrogens with zero attached hydrogens (tertiary/aromatic N) is 2. The molecule has 2 aliphatic rings. The Hall–Kier alpha value is -1.99. The molecule has 0 unspecified atom stereocenters. The fraction of sp³-hybridized carbons (Fsp3) is 0.536. The Bertz CT molecular complexity index is 998. The lowest BCUT2D eigenvalue weighted by atomic mass is 9.66. The summed E-state index contributed by atoms with van der Waals surface area (Å²) in [6, 6.07) is 13.9. The number of ether oxygens (including phenoxy) is 1. The molecule has 2 saturated heterocycles. The third kappa shape index (κ3) is 6.23. The van der Waals surface area contributed by atoms with E-state index < -0.39 is 5.60 Å². The van der Waals surface area contributed by atoms with Crippen molar-refractivity contribution < 1.29 is 19.0 Å². The average Bonchev–Trinajstić information content (AvgIpc) is 3.07. The number of hydrogen-bond acceptors (Lipinski definition) is 4. The Balaban J connectivity index is 1.31. The van der Waals surface area contributed by atoms with Gasteiger partial charge in [0.1, 0.15) is 5.82 Å². The van der Waals surface area contributed by atoms with Gasteiger partial charge in [0.2, 0.25) is 5.91 Å². The molecule has 5 nitrogen and oxygen atoms in total. The molecule has 2 aliphatic heterocycles. The number of likely N-dealkylation sites (tertiary alicyclic amines) is 1. The van der Waals surface area contributed by atoms with Crippen molar-refractivity contribution in [3.8, 4) is 0 Å². The molecule has 2 aromatic rings. The molecule has 2 atom stereocenters. The number of carbonyl (C=O) groups excluding carboxylic acids is 1. The minimum absolute atomic E-state index is 0.0878. The van der Waals surface area contributed by atoms with Gasteiger partial charge in [-0.05, 0) is 48.2 Å². The summed E-state index contributed by atoms with van der Waals surface area (Å²) in [5.41, 5.74) is 0.584. The summed E-state index contributed by atoms with van der Waals surface area (Å²) in [6.07, 6.45) is 2.44. The number of carbonyl (C=O) groups is 1. The van der Waals surface area contributed by atoms with E-state index in [0.29, 0.717) is 57.1 Å². The number of amides is 1. The van der Waals surface area contributed by atoms with Crippen molar-refractivity contribution in [1.29, 1.82) is 0 Å². The summed E-state index contributed by atoms with van der Waals surface area (Å²) in [7, 11) is 0. The first-order chi connectivity index (χ1) is 16.7. The number of piperidine rings is 1. The maximum atomic E-state index is 13.2. The van der Waals surface area contributed by atoms with Gasteiger partial charge in [0.05, 0.1) is 11.7 Å². The van der Waals surface area contributed by atoms with E-state index in [1.165, 1.54) is 12.1 Å². The van der Waals surface area contributed by atoms with Crippen molar-refractivity contribution in [2.24, 2.45) is 5.41 Å². The predicted molar refractivity (Wildman–Crippen MR) is 136 cm³/mol. The van der Waals surface area contributed by atoms with Crippen LogP contribution in [-0.2, 0) is 21.6 Å². The van der Waals surface area contributed by atoms with Crippen molar-refractivity contribution in [1.82, 2.24) is 9.80 Å². The fourth-order valence-electron chi connectivity index (χ4n) is 5.42. The summed E-state index contributed by atoms with van der Waals surface area (Å²) in [4.78, 5) is 17.3. The second-order valence-corrected chi connectivity index (χ2v) is 11.0. The third-order valence-corrected chi connectivity index (χ3v) is 7.82. The van der Waals surface area contributed by atoms with Gasteiger partial charge in [-0.2, -0.15) is 0 Å². The zero-order valence-corrected chi connectivity index (χ0v) is 21.4. The molecule has 0 aromatic heterocycles. The van der Waals surface area contributed by atoms with Gasteiger partial charge >= 0.3 is 0 Å². The maximum Gasteiger partial charge on any atom is 0.223 e. The maximum absolute atomic E-state index is 13.2. The SMILES string of the molecule is CC1(C)CN(CCC(=O)N2CCCO[C@H](Cc3ccc(F)cc3)C2)CC[C@]1(O)c1ccc(Cl)cc1. The van der Waals surface area contributed by atoms with E-state index in [9.17, 15) is 14.3 Å². The van der Waals surface area contributed by atoms with Gasteiger partial charge in [0.25, 0.3) is 0 Å². The normalized spacial score (nSPS) is 25.3. The van der Waals surface area contributed by atoms with Gasteiger partial charge < -0.3 is 19.6 Å². The summed E-state index contributed by atoms with van der Waals surface area (Å²) in [6.45, 7) is 8.14. The summed E-state index contributed by atoms with van der Waals surface area (Å²) in [5, 5.41) is 12.2. The Morgan fingerprint density at radius 3 is 2.54 bits per heavy atom. The minimum atomic E-state index is -0.937. The predicted octanol–water partition coefficient (Wildman–Crippen LogP) is 4.65. The Morgan fingerprint density at radius 1 is 1.14 bits per heavy atom. The van der Waals surface area contributed by atoms with Crippen molar-refractivity contribution in [2.45, 2.75) is 51.2 Å². The molecule has 0 saturated carbocycles. The lowest BCUT2D eigenvalue weighted by molar-refractivity contribution is -0.136. The second-order valence-electron chi connectivity index (χ2n) is 10.5. The van der Waals surface area contributed by atoms with E-state index in [0.717, 1.165) is 24.1 Å². The van der Waals surface area contributed by atoms with Crippen LogP contribution in [0.25, 0.3) is 0 Å². The topological polar surface area (TPSA) is 53.0 Å². The van der Waals surface area contributed by atoms with Crippen LogP contribution in [0.2, 0.25) is 5.02 Å². The first-order valence-corrected chi connectivity index (χ1v) is 12.9. The lowest BCUT2D eigenvalue weighted by Crippen LogP contribution is -2.55. The third-order valence-electron chi connectivity index (χ3n) is 7.57. The molecule has 2 heterocycles. The van der Waals surface area contributed by atoms with Crippen molar-refractivity contribution >= 4 is 17.5 Å². The Labute approximate surface area is 212 Å². The first-order valence-electron chi connectivity index (χ1n) is 12.5. The van der Waals surface area contributed by atoms with Crippen LogP contribution < -0.4 is 0 Å². The van der Waals surface area contributed by atoms with Crippen molar-refractivity contribution in [3.63, 3.8) is 0 Å². The fourth-order valence-corrected chi connectivity index (χ4v) is 5.55. The average molecular weight is 503 g/mol. The molecular weight excluding hydrogens is 467 g/mol. The molecule has 7 heteroatoms. The largest absolute Gasteiger partial charge is 0.385 e. The van der Waals surface area contributed by atoms with Crippen LogP contribution in [0, 0.1) is 11.2 Å². The molecule has 0 spiro atoms. The highest BCUT2D eigenvalue weighted by Crippen LogP contribution is 2.46. The van der Waals surface area contributed by atoms with Crippen LogP contribution >= 0.6 is 11.6 Å². The molecule has 0 aliphatic carbocycles. The number of benzene rings is 2. The highest BCUT2D eigenvalue weighted by molar-refractivity contribution is 6.30. The number of halogens is 2. The van der Waals surface area contributed by atoms with Crippen LogP contribution in [0.1, 0.15) is 44.2 Å². The quantitative estimate of drug-likeness (QED) is 0.624. The lowest BCUT2D eigenvalue weighted by Gasteiger charge is -2.50. The molecule has 2 fully saturated rings. The van der Waals surface area contributed by atoms with Gasteiger partial charge in [-0.15, -0.1) is 0 Å². The van der Waals surface area contributed by atoms with Gasteiger partial charge in [-0.25, -0.2) is 4.39 Å². The van der Waals surface area contributed by atoms with E-state index in [-0.39, 0.29) is 23.2 Å². The van der Waals surface area contributed by atoms with E-state index in [1.807, 2.05) is 29.2 Å². The molecule has 2 aromatic carbocycles. The molecule has 35 heavy (non-hydrogen) atoms. The van der Waals surface area contributed by atoms with Crippen LogP contribution in [0.4, 0.5) is 4.39 Å². The van der Waals surface area contributed by atoms with Crippen LogP contribution in [0.3, 0.4) is 0 Å². The molecule has 190 valence electrons. The molecule has 1 amide bonds. The van der Waals surface area contributed by atoms with E-state index in [4.69, 9.17) is 16.3 Å². The molecule has 1 N–H and O–H groups in total. The highest BCUT2D eigenvalue weighted by atomic mass is 35.5. The molecule has 4 rings (SSSR count). The smallest absolute Gasteiger partial charge is 0.223 e. The molecule has 0 radical (unpaired) electrons. The van der Waals surface area contributed by atoms with E-state index in [2.05, 4.69) is 18.7 Å². The summed E-state index contributed by atoms with van der Waals surface area (Å²) < 4.78 is 19.2. The Kier molecular flexibility index (Phi) is 8.16. The second kappa shape index (κ2) is 11.0. The molecular formula is C28H36ClFN2O3. The summed E-state index contributed by atoms with van der Waals surface area (Å²) >= 11 is 6.04. The van der Waals surface area contributed by atoms with Crippen molar-refractivity contribution in [2.75, 3.05) is 39.3 Å². The van der Waals surface area contributed by atoms with Gasteiger partial charge in [0.15, 0.2) is 0 Å². The minimum Gasteiger partial charge on any atom is -0.385 e. The van der Waals surface area contributed by atoms with Crippen LogP contribution in [0.5, 0.6) is 0 Å². The van der Waals surface area contributed by atoms with Gasteiger partial charge in [-0.3, -0.25) is 4.79 Å². The van der Waals surface area contributed by atoms with Gasteiger partial charge in [-0.1, -0.05) is 49.7 Å². The number of rotatable bonds is 6. The van der Waals surface area contributed by atoms with E-state index in [1.54, 1.807) is 12.1 Å². The molecule has 0 bridgehead atoms. The number of aliphatic hydroxyl groups is 1.